The minimum atomic E-state index is -0.301. The smallest absolute Gasteiger partial charge is 0.261 e. The highest BCUT2D eigenvalue weighted by Gasteiger charge is 2.16. The van der Waals surface area contributed by atoms with Gasteiger partial charge < -0.3 is 10.1 Å². The van der Waals surface area contributed by atoms with Crippen LogP contribution in [-0.2, 0) is 7.05 Å². The lowest BCUT2D eigenvalue weighted by Gasteiger charge is -2.09. The lowest BCUT2D eigenvalue weighted by Crippen LogP contribution is -2.12. The number of benzene rings is 1. The molecule has 1 aromatic carbocycles. The number of methoxy groups -OCH3 is 1. The lowest BCUT2D eigenvalue weighted by atomic mass is 10.2. The van der Waals surface area contributed by atoms with E-state index in [1.54, 1.807) is 40.8 Å². The standard InChI is InChI=1S/C16H14N6O2/c1-21-9-10-6-13(14(24-2)7-12(10)20-21)19-16(23)11-8-18-22-5-3-4-17-15(11)22/h3-9H,1-2H3,(H,19,23). The summed E-state index contributed by atoms with van der Waals surface area (Å²) in [7, 11) is 3.39. The molecule has 0 bridgehead atoms. The van der Waals surface area contributed by atoms with E-state index in [1.165, 1.54) is 6.20 Å². The average Bonchev–Trinajstić information content (AvgIpc) is 3.16. The van der Waals surface area contributed by atoms with Crippen molar-refractivity contribution < 1.29 is 9.53 Å². The summed E-state index contributed by atoms with van der Waals surface area (Å²) in [6.45, 7) is 0. The monoisotopic (exact) mass is 322 g/mol. The highest BCUT2D eigenvalue weighted by molar-refractivity contribution is 6.09. The van der Waals surface area contributed by atoms with Gasteiger partial charge in [-0.3, -0.25) is 9.48 Å². The van der Waals surface area contributed by atoms with Crippen LogP contribution in [0.1, 0.15) is 10.4 Å². The van der Waals surface area contributed by atoms with Crippen molar-refractivity contribution in [1.29, 1.82) is 0 Å². The molecular formula is C16H14N6O2. The molecule has 0 unspecified atom stereocenters. The first kappa shape index (κ1) is 14.2. The zero-order valence-electron chi connectivity index (χ0n) is 13.1. The number of aromatic nitrogens is 5. The van der Waals surface area contributed by atoms with Crippen molar-refractivity contribution in [2.75, 3.05) is 12.4 Å². The number of fused-ring (bicyclic) bond motifs is 2. The Bertz CT molecular complexity index is 1060. The van der Waals surface area contributed by atoms with Gasteiger partial charge in [0.25, 0.3) is 5.91 Å². The second-order valence-electron chi connectivity index (χ2n) is 5.31. The third-order valence-electron chi connectivity index (χ3n) is 3.71. The van der Waals surface area contributed by atoms with Crippen molar-refractivity contribution in [2.45, 2.75) is 0 Å². The molecular weight excluding hydrogens is 308 g/mol. The van der Waals surface area contributed by atoms with Gasteiger partial charge in [0, 0.05) is 37.1 Å². The Kier molecular flexibility index (Phi) is 3.16. The van der Waals surface area contributed by atoms with Crippen molar-refractivity contribution in [1.82, 2.24) is 24.4 Å². The van der Waals surface area contributed by atoms with Crippen LogP contribution in [0.4, 0.5) is 5.69 Å². The van der Waals surface area contributed by atoms with Crippen LogP contribution < -0.4 is 10.1 Å². The SMILES string of the molecule is COc1cc2nn(C)cc2cc1NC(=O)c1cnn2cccnc12. The number of aryl methyl sites for hydroxylation is 1. The van der Waals surface area contributed by atoms with Gasteiger partial charge in [0.2, 0.25) is 0 Å². The summed E-state index contributed by atoms with van der Waals surface area (Å²) in [6, 6.07) is 5.37. The number of carbonyl (C=O) groups is 1. The fraction of sp³-hybridized carbons (Fsp3) is 0.125. The molecule has 1 amide bonds. The normalized spacial score (nSPS) is 11.1. The highest BCUT2D eigenvalue weighted by atomic mass is 16.5. The molecule has 0 aliphatic heterocycles. The molecule has 4 rings (SSSR count). The summed E-state index contributed by atoms with van der Waals surface area (Å²) >= 11 is 0. The summed E-state index contributed by atoms with van der Waals surface area (Å²) in [4.78, 5) is 16.8. The second kappa shape index (κ2) is 5.34. The number of nitrogens with zero attached hydrogens (tertiary/aromatic N) is 5. The number of hydrogen-bond donors (Lipinski definition) is 1. The fourth-order valence-electron chi connectivity index (χ4n) is 2.62. The maximum absolute atomic E-state index is 12.6. The molecule has 0 aliphatic rings. The minimum Gasteiger partial charge on any atom is -0.494 e. The molecule has 24 heavy (non-hydrogen) atoms. The van der Waals surface area contributed by atoms with Crippen LogP contribution in [0.15, 0.2) is 43.0 Å². The molecule has 4 aromatic rings. The van der Waals surface area contributed by atoms with Crippen LogP contribution in [0.25, 0.3) is 16.6 Å². The Morgan fingerprint density at radius 2 is 2.21 bits per heavy atom. The van der Waals surface area contributed by atoms with Gasteiger partial charge in [-0.15, -0.1) is 0 Å². The van der Waals surface area contributed by atoms with Crippen molar-refractivity contribution in [3.63, 3.8) is 0 Å². The lowest BCUT2D eigenvalue weighted by molar-refractivity contribution is 0.102. The maximum atomic E-state index is 12.6. The Morgan fingerprint density at radius 3 is 3.04 bits per heavy atom. The zero-order chi connectivity index (χ0) is 16.7. The van der Waals surface area contributed by atoms with E-state index in [1.807, 2.05) is 19.3 Å². The van der Waals surface area contributed by atoms with E-state index in [0.29, 0.717) is 22.6 Å². The van der Waals surface area contributed by atoms with Crippen LogP contribution in [0.3, 0.4) is 0 Å². The first-order chi connectivity index (χ1) is 11.7. The molecule has 0 atom stereocenters. The number of amides is 1. The molecule has 1 N–H and O–H groups in total. The van der Waals surface area contributed by atoms with Gasteiger partial charge in [-0.25, -0.2) is 9.50 Å². The molecule has 8 heteroatoms. The predicted octanol–water partition coefficient (Wildman–Crippen LogP) is 1.88. The van der Waals surface area contributed by atoms with Gasteiger partial charge >= 0.3 is 0 Å². The van der Waals surface area contributed by atoms with Crippen LogP contribution in [0, 0.1) is 0 Å². The second-order valence-corrected chi connectivity index (χ2v) is 5.31. The van der Waals surface area contributed by atoms with E-state index in [9.17, 15) is 4.79 Å². The molecule has 3 aromatic heterocycles. The number of rotatable bonds is 3. The summed E-state index contributed by atoms with van der Waals surface area (Å²) in [5, 5.41) is 12.2. The topological polar surface area (TPSA) is 86.3 Å². The Morgan fingerprint density at radius 1 is 1.33 bits per heavy atom. The van der Waals surface area contributed by atoms with Gasteiger partial charge in [0.1, 0.15) is 11.3 Å². The quantitative estimate of drug-likeness (QED) is 0.622. The summed E-state index contributed by atoms with van der Waals surface area (Å²) < 4.78 is 8.63. The molecule has 120 valence electrons. The molecule has 0 aliphatic carbocycles. The Balaban J connectivity index is 1.74. The number of hydrogen-bond acceptors (Lipinski definition) is 5. The van der Waals surface area contributed by atoms with Gasteiger partial charge in [-0.05, 0) is 12.1 Å². The van der Waals surface area contributed by atoms with Crippen molar-refractivity contribution >= 4 is 28.1 Å². The van der Waals surface area contributed by atoms with Crippen molar-refractivity contribution in [3.05, 3.63) is 48.5 Å². The summed E-state index contributed by atoms with van der Waals surface area (Å²) in [5.41, 5.74) is 2.25. The van der Waals surface area contributed by atoms with E-state index in [0.717, 1.165) is 10.9 Å². The van der Waals surface area contributed by atoms with E-state index >= 15 is 0 Å². The molecule has 0 fully saturated rings. The summed E-state index contributed by atoms with van der Waals surface area (Å²) in [6.07, 6.45) is 6.73. The Hall–Kier alpha value is -3.42. The van der Waals surface area contributed by atoms with E-state index < -0.39 is 0 Å². The molecule has 0 saturated heterocycles. The summed E-state index contributed by atoms with van der Waals surface area (Å²) in [5.74, 6) is 0.240. The average molecular weight is 322 g/mol. The maximum Gasteiger partial charge on any atom is 0.261 e. The van der Waals surface area contributed by atoms with Crippen LogP contribution in [0.5, 0.6) is 5.75 Å². The number of anilines is 1. The number of carbonyl (C=O) groups excluding carboxylic acids is 1. The van der Waals surface area contributed by atoms with Crippen molar-refractivity contribution in [3.8, 4) is 5.75 Å². The largest absolute Gasteiger partial charge is 0.494 e. The number of nitrogens with one attached hydrogen (secondary N) is 1. The first-order valence-corrected chi connectivity index (χ1v) is 7.27. The molecule has 3 heterocycles. The third-order valence-corrected chi connectivity index (χ3v) is 3.71. The van der Waals surface area contributed by atoms with Crippen LogP contribution >= 0.6 is 0 Å². The van der Waals surface area contributed by atoms with E-state index in [4.69, 9.17) is 4.74 Å². The Labute approximate surface area is 136 Å². The molecule has 0 saturated carbocycles. The fourth-order valence-corrected chi connectivity index (χ4v) is 2.62. The van der Waals surface area contributed by atoms with Gasteiger partial charge in [0.15, 0.2) is 5.65 Å². The number of ether oxygens (including phenoxy) is 1. The van der Waals surface area contributed by atoms with Gasteiger partial charge in [-0.1, -0.05) is 0 Å². The zero-order valence-corrected chi connectivity index (χ0v) is 13.1. The van der Waals surface area contributed by atoms with E-state index in [-0.39, 0.29) is 5.91 Å². The van der Waals surface area contributed by atoms with Gasteiger partial charge in [-0.2, -0.15) is 10.2 Å². The third kappa shape index (κ3) is 2.24. The molecule has 0 radical (unpaired) electrons. The van der Waals surface area contributed by atoms with Crippen molar-refractivity contribution in [2.24, 2.45) is 7.05 Å². The van der Waals surface area contributed by atoms with Gasteiger partial charge in [0.05, 0.1) is 24.5 Å². The molecule has 0 spiro atoms. The predicted molar refractivity (Wildman–Crippen MR) is 88.2 cm³/mol. The minimum absolute atomic E-state index is 0.301. The van der Waals surface area contributed by atoms with Crippen LogP contribution in [0.2, 0.25) is 0 Å². The first-order valence-electron chi connectivity index (χ1n) is 7.27. The van der Waals surface area contributed by atoms with Crippen LogP contribution in [-0.4, -0.2) is 37.4 Å². The highest BCUT2D eigenvalue weighted by Crippen LogP contribution is 2.30. The molecule has 8 nitrogen and oxygen atoms in total. The van der Waals surface area contributed by atoms with E-state index in [2.05, 4.69) is 20.5 Å².